The smallest absolute Gasteiger partial charge is 0.414 e. The van der Waals surface area contributed by atoms with E-state index in [-0.39, 0.29) is 47.8 Å². The second-order valence-electron chi connectivity index (χ2n) is 15.4. The molecule has 2 aromatic carbocycles. The Morgan fingerprint density at radius 1 is 0.828 bits per heavy atom. The van der Waals surface area contributed by atoms with Gasteiger partial charge in [-0.3, -0.25) is 14.8 Å². The van der Waals surface area contributed by atoms with E-state index in [2.05, 4.69) is 36.8 Å². The first-order chi connectivity index (χ1) is 26.5. The zero-order valence-corrected chi connectivity index (χ0v) is 36.4. The molecule has 3 heterocycles. The number of hydrogen-bond acceptors (Lipinski definition) is 7. The Kier molecular flexibility index (Phi) is 14.6. The molecule has 314 valence electrons. The fourth-order valence-electron chi connectivity index (χ4n) is 6.35. The van der Waals surface area contributed by atoms with Crippen LogP contribution in [0.2, 0.25) is 5.02 Å². The highest BCUT2D eigenvalue weighted by atomic mass is 79.9. The van der Waals surface area contributed by atoms with Crippen molar-refractivity contribution in [2.24, 2.45) is 0 Å². The number of fused-ring (bicyclic) bond motifs is 6. The molecule has 1 fully saturated rings. The normalized spacial score (nSPS) is 13.4. The van der Waals surface area contributed by atoms with Crippen molar-refractivity contribution >= 4 is 67.0 Å². The van der Waals surface area contributed by atoms with Gasteiger partial charge in [0.1, 0.15) is 11.2 Å². The lowest BCUT2D eigenvalue weighted by atomic mass is 10.0. The molecule has 7 rings (SSSR count). The molecule has 17 heteroatoms. The molecule has 0 N–H and O–H groups in total. The van der Waals surface area contributed by atoms with Crippen LogP contribution >= 0.6 is 43.5 Å². The van der Waals surface area contributed by atoms with E-state index in [0.717, 1.165) is 30.2 Å². The second-order valence-corrected chi connectivity index (χ2v) is 17.6. The first-order valence-electron chi connectivity index (χ1n) is 17.8. The monoisotopic (exact) mass is 958 g/mol. The average molecular weight is 961 g/mol. The van der Waals surface area contributed by atoms with Gasteiger partial charge in [0.15, 0.2) is 29.5 Å². The molecule has 2 amide bonds. The van der Waals surface area contributed by atoms with Crippen LogP contribution in [-0.2, 0) is 27.1 Å². The molecule has 0 bridgehead atoms. The summed E-state index contributed by atoms with van der Waals surface area (Å²) >= 11 is 12.7. The van der Waals surface area contributed by atoms with E-state index in [9.17, 15) is 32.4 Å². The average Bonchev–Trinajstić information content (AvgIpc) is 3.89. The lowest BCUT2D eigenvalue weighted by Gasteiger charge is -2.26. The molecular weight excluding hydrogens is 916 g/mol. The molecule has 0 spiro atoms. The topological polar surface area (TPSA) is 108 Å². The maximum Gasteiger partial charge on any atom is 0.414 e. The number of ether oxygens (including phenoxy) is 3. The number of benzene rings is 2. The molecule has 4 aromatic rings. The number of nitrogens with zero attached hydrogens (tertiary/aromatic N) is 4. The van der Waals surface area contributed by atoms with Gasteiger partial charge in [-0.15, -0.1) is 0 Å². The predicted octanol–water partition coefficient (Wildman–Crippen LogP) is 11.5. The van der Waals surface area contributed by atoms with Gasteiger partial charge >= 0.3 is 12.2 Å². The van der Waals surface area contributed by atoms with Crippen molar-refractivity contribution in [1.29, 1.82) is 0 Å². The Hall–Kier alpha value is -3.99. The van der Waals surface area contributed by atoms with Gasteiger partial charge in [-0.1, -0.05) is 19.0 Å². The molecule has 0 radical (unpaired) electrons. The number of carbonyl (C=O) groups is 2. The molecular formula is C41H45Br2ClF4N4O6. The maximum absolute atomic E-state index is 14.6. The third-order valence-electron chi connectivity index (χ3n) is 8.85. The van der Waals surface area contributed by atoms with Gasteiger partial charge in [0.2, 0.25) is 5.69 Å². The minimum atomic E-state index is -1.10. The third kappa shape index (κ3) is 10.1. The van der Waals surface area contributed by atoms with Crippen molar-refractivity contribution in [2.45, 2.75) is 85.9 Å². The van der Waals surface area contributed by atoms with E-state index < -0.39 is 46.7 Å². The molecule has 0 unspecified atom stereocenters. The van der Waals surface area contributed by atoms with E-state index in [1.165, 1.54) is 44.2 Å². The number of rotatable bonds is 2. The first-order valence-corrected chi connectivity index (χ1v) is 19.7. The van der Waals surface area contributed by atoms with Gasteiger partial charge in [-0.05, 0) is 103 Å². The van der Waals surface area contributed by atoms with Crippen LogP contribution in [0.15, 0.2) is 39.5 Å². The molecule has 1 aliphatic heterocycles. The highest BCUT2D eigenvalue weighted by Gasteiger charge is 2.36. The summed E-state index contributed by atoms with van der Waals surface area (Å²) in [5.74, 6) is -4.22. The van der Waals surface area contributed by atoms with Crippen LogP contribution in [0.1, 0.15) is 84.3 Å². The van der Waals surface area contributed by atoms with Gasteiger partial charge < -0.3 is 19.4 Å². The van der Waals surface area contributed by atoms with Gasteiger partial charge in [0, 0.05) is 68.7 Å². The quantitative estimate of drug-likeness (QED) is 0.0966. The highest BCUT2D eigenvalue weighted by molar-refractivity contribution is 9.10. The van der Waals surface area contributed by atoms with Crippen LogP contribution in [0.3, 0.4) is 0 Å². The molecule has 58 heavy (non-hydrogen) atoms. The van der Waals surface area contributed by atoms with Crippen LogP contribution in [0.5, 0.6) is 0 Å². The first kappa shape index (κ1) is 46.7. The summed E-state index contributed by atoms with van der Waals surface area (Å²) < 4.78 is 74.8. The summed E-state index contributed by atoms with van der Waals surface area (Å²) in [6.45, 7) is 12.3. The van der Waals surface area contributed by atoms with Crippen molar-refractivity contribution in [3.63, 3.8) is 0 Å². The molecule has 0 saturated carbocycles. The van der Waals surface area contributed by atoms with Crippen molar-refractivity contribution in [3.8, 4) is 22.3 Å². The summed E-state index contributed by atoms with van der Waals surface area (Å²) in [6.07, 6.45) is 4.33. The van der Waals surface area contributed by atoms with Crippen LogP contribution in [0, 0.1) is 28.5 Å². The number of halogens is 7. The van der Waals surface area contributed by atoms with Crippen molar-refractivity contribution in [3.05, 3.63) is 95.6 Å². The maximum atomic E-state index is 14.6. The minimum Gasteiger partial charge on any atom is -0.618 e. The van der Waals surface area contributed by atoms with Gasteiger partial charge in [-0.25, -0.2) is 27.2 Å². The van der Waals surface area contributed by atoms with E-state index in [1.54, 1.807) is 47.6 Å². The Bertz CT molecular complexity index is 2240. The summed E-state index contributed by atoms with van der Waals surface area (Å²) in [6, 6.07) is 3.51. The summed E-state index contributed by atoms with van der Waals surface area (Å²) in [7, 11) is 2.88. The highest BCUT2D eigenvalue weighted by Crippen LogP contribution is 2.48. The Labute approximate surface area is 357 Å². The number of hydrogen-bond donors (Lipinski definition) is 0. The van der Waals surface area contributed by atoms with Crippen molar-refractivity contribution in [2.75, 3.05) is 37.1 Å². The lowest BCUT2D eigenvalue weighted by Crippen LogP contribution is -2.35. The zero-order chi connectivity index (χ0) is 42.3. The van der Waals surface area contributed by atoms with E-state index in [1.807, 2.05) is 0 Å². The number of pyridine rings is 2. The van der Waals surface area contributed by atoms with Crippen LogP contribution in [0.25, 0.3) is 22.3 Å². The Morgan fingerprint density at radius 2 is 1.31 bits per heavy atom. The van der Waals surface area contributed by atoms with Gasteiger partial charge in [0.25, 0.3) is 0 Å². The lowest BCUT2D eigenvalue weighted by molar-refractivity contribution is -0.613. The Balaban J connectivity index is 0.000000225. The molecule has 0 atom stereocenters. The largest absolute Gasteiger partial charge is 0.618 e. The zero-order valence-electron chi connectivity index (χ0n) is 32.5. The molecule has 2 aliphatic carbocycles. The summed E-state index contributed by atoms with van der Waals surface area (Å²) in [4.78, 5) is 31.3. The number of amides is 2. The SMILES string of the molecule is C.C1CCOC1.CN(C(=O)OC(C)(C)C)c1cc(F)c(F)c2c1Cc1c-2cc(Br)c[n+]1[O-].CN(C(=O)OC(C)(C)C)c1cc(F)c(F)c2c1Cc1ncc(Br)c(Cl)c1-2. The number of aromatic nitrogens is 2. The molecule has 1 saturated heterocycles. The van der Waals surface area contributed by atoms with Gasteiger partial charge in [0.05, 0.1) is 43.0 Å². The summed E-state index contributed by atoms with van der Waals surface area (Å²) in [5, 5.41) is 12.4. The molecule has 2 aromatic heterocycles. The fraction of sp³-hybridized carbons (Fsp3) is 0.415. The van der Waals surface area contributed by atoms with Crippen molar-refractivity contribution in [1.82, 2.24) is 4.98 Å². The number of anilines is 2. The van der Waals surface area contributed by atoms with E-state index in [0.29, 0.717) is 47.3 Å². The second kappa shape index (κ2) is 18.1. The van der Waals surface area contributed by atoms with Gasteiger partial charge in [-0.2, -0.15) is 4.73 Å². The molecule has 10 nitrogen and oxygen atoms in total. The van der Waals surface area contributed by atoms with Crippen molar-refractivity contribution < 1.29 is 46.1 Å². The third-order valence-corrected chi connectivity index (χ3v) is 10.5. The standard InChI is InChI=1S/C18H16BrClF2N2O2.C18H17BrF2N2O3.C4H8O.CH4/c1-18(2,3)26-17(25)24(4)12-6-10(21)16(22)13-8(12)5-11-14(13)15(20)9(19)7-23-11;1-18(2,3)26-17(24)22(4)13-7-12(20)16(21)15-10-5-9(19)8-23(25)14(10)6-11(13)15;1-2-4-5-3-1;/h6-7H,5H2,1-4H3;5,7-8H,6H2,1-4H3;1-4H2;1H4. The van der Waals surface area contributed by atoms with E-state index in [4.69, 9.17) is 25.8 Å². The fourth-order valence-corrected chi connectivity index (χ4v) is 7.32. The predicted molar refractivity (Wildman–Crippen MR) is 222 cm³/mol. The minimum absolute atomic E-state index is 0. The van der Waals surface area contributed by atoms with Crippen LogP contribution in [0.4, 0.5) is 38.5 Å². The van der Waals surface area contributed by atoms with Crippen LogP contribution < -0.4 is 14.5 Å². The molecule has 3 aliphatic rings. The number of carbonyl (C=O) groups excluding carboxylic acids is 2. The van der Waals surface area contributed by atoms with E-state index >= 15 is 0 Å². The summed E-state index contributed by atoms with van der Waals surface area (Å²) in [5.41, 5.74) is 1.24. The van der Waals surface area contributed by atoms with Crippen LogP contribution in [-0.4, -0.2) is 55.7 Å². The Morgan fingerprint density at radius 3 is 1.78 bits per heavy atom.